The van der Waals surface area contributed by atoms with Gasteiger partial charge in [-0.15, -0.1) is 0 Å². The first kappa shape index (κ1) is 68.1. The van der Waals surface area contributed by atoms with Gasteiger partial charge in [0.05, 0.1) is 0 Å². The largest absolute Gasteiger partial charge is 0.462 e. The van der Waals surface area contributed by atoms with Crippen molar-refractivity contribution in [3.63, 3.8) is 0 Å². The summed E-state index contributed by atoms with van der Waals surface area (Å²) in [5, 5.41) is 0. The van der Waals surface area contributed by atoms with Crippen molar-refractivity contribution in [2.75, 3.05) is 13.2 Å². The zero-order valence-corrected chi connectivity index (χ0v) is 47.2. The van der Waals surface area contributed by atoms with E-state index in [1.165, 1.54) is 180 Å². The molecule has 0 heterocycles. The van der Waals surface area contributed by atoms with E-state index in [0.29, 0.717) is 19.3 Å². The Bertz CT molecular complexity index is 1280. The number of allylic oxidation sites excluding steroid dienone is 10. The van der Waals surface area contributed by atoms with Crippen molar-refractivity contribution in [3.05, 3.63) is 60.8 Å². The molecule has 0 aliphatic carbocycles. The molecule has 0 saturated carbocycles. The number of hydrogen-bond donors (Lipinski definition) is 0. The minimum absolute atomic E-state index is 0.0771. The quantitative estimate of drug-likeness (QED) is 0.0261. The van der Waals surface area contributed by atoms with E-state index in [0.717, 1.165) is 96.3 Å². The summed E-state index contributed by atoms with van der Waals surface area (Å²) in [5.74, 6) is -0.886. The molecular formula is C65H116O6. The van der Waals surface area contributed by atoms with Gasteiger partial charge in [-0.1, -0.05) is 268 Å². The standard InChI is InChI=1S/C65H116O6/c1-4-7-10-13-16-18-20-22-24-25-26-27-28-29-30-31-32-33-34-35-36-37-38-39-41-42-44-46-49-52-55-58-64(67)70-61-62(60-69-63(66)57-54-51-48-15-12-9-6-3)71-65(68)59-56-53-50-47-45-43-40-23-21-19-17-14-11-8-5-2/h17,19-20,22-23,25-26,28-29,40,62H,4-16,18,21,24,27,30-39,41-61H2,1-3H3/b19-17-,22-20-,26-25-,29-28-,40-23-. The first-order valence-electron chi connectivity index (χ1n) is 30.8. The van der Waals surface area contributed by atoms with Crippen LogP contribution in [0.2, 0.25) is 0 Å². The van der Waals surface area contributed by atoms with Crippen LogP contribution in [-0.2, 0) is 28.6 Å². The van der Waals surface area contributed by atoms with Crippen LogP contribution in [0.5, 0.6) is 0 Å². The van der Waals surface area contributed by atoms with Crippen LogP contribution in [0.25, 0.3) is 0 Å². The Morgan fingerprint density at radius 3 is 0.817 bits per heavy atom. The van der Waals surface area contributed by atoms with E-state index in [2.05, 4.69) is 81.5 Å². The van der Waals surface area contributed by atoms with Crippen molar-refractivity contribution in [3.8, 4) is 0 Å². The number of rotatable bonds is 56. The third-order valence-electron chi connectivity index (χ3n) is 13.5. The fourth-order valence-electron chi connectivity index (χ4n) is 8.83. The molecule has 0 aromatic heterocycles. The SMILES string of the molecule is CCCCC/C=C\C/C=C\CCCCCCCC(=O)OC(COC(=O)CCCCCCCCC)COC(=O)CCCCCCCCCCCCCCCCCC/C=C\C/C=C\C/C=C\CCCCCCC. The zero-order chi connectivity index (χ0) is 51.4. The van der Waals surface area contributed by atoms with E-state index in [-0.39, 0.29) is 31.1 Å². The fraction of sp³-hybridized carbons (Fsp3) is 0.800. The van der Waals surface area contributed by atoms with E-state index >= 15 is 0 Å². The predicted octanol–water partition coefficient (Wildman–Crippen LogP) is 20.8. The molecule has 6 heteroatoms. The van der Waals surface area contributed by atoms with Gasteiger partial charge in [-0.05, 0) is 89.9 Å². The number of hydrogen-bond acceptors (Lipinski definition) is 6. The monoisotopic (exact) mass is 993 g/mol. The molecule has 0 spiro atoms. The van der Waals surface area contributed by atoms with Gasteiger partial charge in [-0.3, -0.25) is 14.4 Å². The second kappa shape index (κ2) is 59.7. The van der Waals surface area contributed by atoms with E-state index in [1.54, 1.807) is 0 Å². The molecule has 0 N–H and O–H groups in total. The number of ether oxygens (including phenoxy) is 3. The Morgan fingerprint density at radius 1 is 0.282 bits per heavy atom. The lowest BCUT2D eigenvalue weighted by Gasteiger charge is -2.18. The molecule has 71 heavy (non-hydrogen) atoms. The Labute approximate surface area is 440 Å². The van der Waals surface area contributed by atoms with Gasteiger partial charge < -0.3 is 14.2 Å². The second-order valence-corrected chi connectivity index (χ2v) is 20.6. The molecule has 1 atom stereocenters. The summed E-state index contributed by atoms with van der Waals surface area (Å²) in [7, 11) is 0. The summed E-state index contributed by atoms with van der Waals surface area (Å²) in [6, 6.07) is 0. The summed E-state index contributed by atoms with van der Waals surface area (Å²) in [6.07, 6.45) is 75.4. The van der Waals surface area contributed by atoms with Gasteiger partial charge in [-0.25, -0.2) is 0 Å². The van der Waals surface area contributed by atoms with Gasteiger partial charge in [-0.2, -0.15) is 0 Å². The Kier molecular flexibility index (Phi) is 57.2. The van der Waals surface area contributed by atoms with Crippen LogP contribution in [0.4, 0.5) is 0 Å². The molecule has 0 aromatic carbocycles. The van der Waals surface area contributed by atoms with Crippen LogP contribution in [0.3, 0.4) is 0 Å². The first-order valence-corrected chi connectivity index (χ1v) is 30.8. The molecule has 0 aliphatic rings. The lowest BCUT2D eigenvalue weighted by molar-refractivity contribution is -0.167. The lowest BCUT2D eigenvalue weighted by atomic mass is 10.0. The minimum Gasteiger partial charge on any atom is -0.462 e. The first-order chi connectivity index (χ1) is 35.0. The highest BCUT2D eigenvalue weighted by atomic mass is 16.6. The van der Waals surface area contributed by atoms with Crippen molar-refractivity contribution < 1.29 is 28.6 Å². The Hall–Kier alpha value is -2.89. The summed E-state index contributed by atoms with van der Waals surface area (Å²) >= 11 is 0. The van der Waals surface area contributed by atoms with Crippen molar-refractivity contribution in [1.82, 2.24) is 0 Å². The van der Waals surface area contributed by atoms with Gasteiger partial charge in [0.25, 0.3) is 0 Å². The average Bonchev–Trinajstić information content (AvgIpc) is 3.37. The molecule has 0 aromatic rings. The summed E-state index contributed by atoms with van der Waals surface area (Å²) in [5.41, 5.74) is 0. The highest BCUT2D eigenvalue weighted by molar-refractivity contribution is 5.71. The number of carbonyl (C=O) groups is 3. The van der Waals surface area contributed by atoms with E-state index in [4.69, 9.17) is 14.2 Å². The van der Waals surface area contributed by atoms with Gasteiger partial charge in [0.2, 0.25) is 0 Å². The molecule has 0 aliphatic heterocycles. The van der Waals surface area contributed by atoms with Crippen molar-refractivity contribution in [2.24, 2.45) is 0 Å². The second-order valence-electron chi connectivity index (χ2n) is 20.6. The maximum absolute atomic E-state index is 12.8. The molecule has 0 fully saturated rings. The molecule has 0 rings (SSSR count). The van der Waals surface area contributed by atoms with E-state index < -0.39 is 6.10 Å². The number of unbranched alkanes of at least 4 members (excludes halogenated alkanes) is 35. The van der Waals surface area contributed by atoms with Crippen molar-refractivity contribution >= 4 is 17.9 Å². The van der Waals surface area contributed by atoms with E-state index in [9.17, 15) is 14.4 Å². The molecule has 6 nitrogen and oxygen atoms in total. The van der Waals surface area contributed by atoms with Crippen molar-refractivity contribution in [2.45, 2.75) is 322 Å². The number of esters is 3. The third kappa shape index (κ3) is 57.9. The van der Waals surface area contributed by atoms with Crippen LogP contribution >= 0.6 is 0 Å². The summed E-state index contributed by atoms with van der Waals surface area (Å²) in [6.45, 7) is 6.57. The van der Waals surface area contributed by atoms with Crippen molar-refractivity contribution in [1.29, 1.82) is 0 Å². The fourth-order valence-corrected chi connectivity index (χ4v) is 8.83. The normalized spacial score (nSPS) is 12.4. The lowest BCUT2D eigenvalue weighted by Crippen LogP contribution is -2.30. The molecule has 0 amide bonds. The molecule has 0 radical (unpaired) electrons. The zero-order valence-electron chi connectivity index (χ0n) is 47.2. The summed E-state index contributed by atoms with van der Waals surface area (Å²) in [4.78, 5) is 37.9. The number of carbonyl (C=O) groups excluding carboxylic acids is 3. The smallest absolute Gasteiger partial charge is 0.306 e. The molecular weight excluding hydrogens is 877 g/mol. The van der Waals surface area contributed by atoms with Gasteiger partial charge >= 0.3 is 17.9 Å². The average molecular weight is 994 g/mol. The van der Waals surface area contributed by atoms with Gasteiger partial charge in [0.15, 0.2) is 6.10 Å². The van der Waals surface area contributed by atoms with E-state index in [1.807, 2.05) is 0 Å². The maximum Gasteiger partial charge on any atom is 0.306 e. The third-order valence-corrected chi connectivity index (χ3v) is 13.5. The van der Waals surface area contributed by atoms with Crippen LogP contribution in [0.1, 0.15) is 316 Å². The predicted molar refractivity (Wildman–Crippen MR) is 307 cm³/mol. The topological polar surface area (TPSA) is 78.9 Å². The molecule has 1 unspecified atom stereocenters. The molecule has 0 bridgehead atoms. The highest BCUT2D eigenvalue weighted by Gasteiger charge is 2.19. The Morgan fingerprint density at radius 2 is 0.507 bits per heavy atom. The van der Waals surface area contributed by atoms with Gasteiger partial charge in [0.1, 0.15) is 13.2 Å². The highest BCUT2D eigenvalue weighted by Crippen LogP contribution is 2.16. The van der Waals surface area contributed by atoms with Gasteiger partial charge in [0, 0.05) is 19.3 Å². The molecule has 0 saturated heterocycles. The Balaban J connectivity index is 4.04. The molecule has 412 valence electrons. The van der Waals surface area contributed by atoms with Crippen LogP contribution in [0, 0.1) is 0 Å². The van der Waals surface area contributed by atoms with Crippen LogP contribution in [0.15, 0.2) is 60.8 Å². The van der Waals surface area contributed by atoms with Crippen LogP contribution < -0.4 is 0 Å². The minimum atomic E-state index is -0.777. The maximum atomic E-state index is 12.8. The summed E-state index contributed by atoms with van der Waals surface area (Å²) < 4.78 is 16.8. The van der Waals surface area contributed by atoms with Crippen LogP contribution in [-0.4, -0.2) is 37.2 Å².